The van der Waals surface area contributed by atoms with Crippen molar-refractivity contribution in [2.75, 3.05) is 26.3 Å². The lowest BCUT2D eigenvalue weighted by Gasteiger charge is -2.26. The van der Waals surface area contributed by atoms with Crippen LogP contribution >= 0.6 is 0 Å². The molecule has 1 N–H and O–H groups in total. The predicted octanol–water partition coefficient (Wildman–Crippen LogP) is 3.24. The molecule has 1 aliphatic heterocycles. The van der Waals surface area contributed by atoms with Crippen LogP contribution in [0.4, 0.5) is 0 Å². The molecule has 1 atom stereocenters. The second kappa shape index (κ2) is 8.77. The van der Waals surface area contributed by atoms with Gasteiger partial charge in [-0.1, -0.05) is 36.4 Å². The highest BCUT2D eigenvalue weighted by Gasteiger charge is 2.11. The highest BCUT2D eigenvalue weighted by Crippen LogP contribution is 2.15. The Morgan fingerprint density at radius 2 is 1.84 bits per heavy atom. The summed E-state index contributed by atoms with van der Waals surface area (Å²) in [7, 11) is 0. The van der Waals surface area contributed by atoms with E-state index in [1.807, 2.05) is 24.3 Å². The number of benzene rings is 2. The molecule has 0 saturated carbocycles. The average molecular weight is 335 g/mol. The van der Waals surface area contributed by atoms with Gasteiger partial charge in [0.15, 0.2) is 0 Å². The van der Waals surface area contributed by atoms with Crippen LogP contribution in [-0.2, 0) is 17.8 Å². The lowest BCUT2D eigenvalue weighted by molar-refractivity contribution is 0.0342. The maximum atomic E-state index is 8.89. The van der Waals surface area contributed by atoms with Crippen molar-refractivity contribution in [1.82, 2.24) is 10.2 Å². The number of morpholine rings is 1. The maximum absolute atomic E-state index is 8.89. The zero-order valence-corrected chi connectivity index (χ0v) is 14.7. The van der Waals surface area contributed by atoms with Crippen LogP contribution in [-0.4, -0.2) is 31.2 Å². The van der Waals surface area contributed by atoms with Crippen molar-refractivity contribution in [2.24, 2.45) is 0 Å². The van der Waals surface area contributed by atoms with Crippen molar-refractivity contribution in [3.8, 4) is 6.07 Å². The van der Waals surface area contributed by atoms with Gasteiger partial charge in [-0.15, -0.1) is 0 Å². The molecule has 3 rings (SSSR count). The molecule has 1 saturated heterocycles. The third-order valence-corrected chi connectivity index (χ3v) is 4.65. The minimum absolute atomic E-state index is 0.246. The minimum atomic E-state index is 0.246. The smallest absolute Gasteiger partial charge is 0.0991 e. The molecule has 4 heteroatoms. The molecule has 25 heavy (non-hydrogen) atoms. The van der Waals surface area contributed by atoms with E-state index < -0.39 is 0 Å². The molecule has 1 fully saturated rings. The first kappa shape index (κ1) is 17.6. The quantitative estimate of drug-likeness (QED) is 0.880. The van der Waals surface area contributed by atoms with Crippen molar-refractivity contribution >= 4 is 0 Å². The number of nitriles is 1. The topological polar surface area (TPSA) is 48.3 Å². The molecule has 0 bridgehead atoms. The van der Waals surface area contributed by atoms with Crippen molar-refractivity contribution in [3.05, 3.63) is 70.8 Å². The molecule has 0 spiro atoms. The summed E-state index contributed by atoms with van der Waals surface area (Å²) in [6, 6.07) is 19.0. The highest BCUT2D eigenvalue weighted by molar-refractivity contribution is 5.32. The van der Waals surface area contributed by atoms with E-state index in [0.29, 0.717) is 5.56 Å². The van der Waals surface area contributed by atoms with E-state index in [1.165, 1.54) is 16.7 Å². The molecule has 2 aromatic carbocycles. The summed E-state index contributed by atoms with van der Waals surface area (Å²) in [5.41, 5.74) is 4.55. The van der Waals surface area contributed by atoms with E-state index in [-0.39, 0.29) is 6.04 Å². The number of hydrogen-bond acceptors (Lipinski definition) is 4. The van der Waals surface area contributed by atoms with Gasteiger partial charge in [-0.05, 0) is 35.7 Å². The fourth-order valence-corrected chi connectivity index (χ4v) is 3.09. The Labute approximate surface area is 150 Å². The average Bonchev–Trinajstić information content (AvgIpc) is 2.67. The Kier molecular flexibility index (Phi) is 6.19. The van der Waals surface area contributed by atoms with Crippen LogP contribution in [0.1, 0.15) is 35.2 Å². The van der Waals surface area contributed by atoms with Gasteiger partial charge in [-0.25, -0.2) is 0 Å². The fraction of sp³-hybridized carbons (Fsp3) is 0.381. The van der Waals surface area contributed by atoms with Crippen molar-refractivity contribution in [2.45, 2.75) is 26.1 Å². The molecule has 0 aliphatic carbocycles. The van der Waals surface area contributed by atoms with E-state index in [4.69, 9.17) is 10.00 Å². The second-order valence-corrected chi connectivity index (χ2v) is 6.54. The number of nitrogens with one attached hydrogen (secondary N) is 1. The predicted molar refractivity (Wildman–Crippen MR) is 98.9 cm³/mol. The Morgan fingerprint density at radius 3 is 2.56 bits per heavy atom. The molecule has 1 unspecified atom stereocenters. The van der Waals surface area contributed by atoms with E-state index in [9.17, 15) is 0 Å². The van der Waals surface area contributed by atoms with Gasteiger partial charge in [-0.3, -0.25) is 4.90 Å². The number of nitrogens with zero attached hydrogens (tertiary/aromatic N) is 2. The van der Waals surface area contributed by atoms with Gasteiger partial charge in [0, 0.05) is 32.2 Å². The Bertz CT molecular complexity index is 715. The van der Waals surface area contributed by atoms with Gasteiger partial charge < -0.3 is 10.1 Å². The van der Waals surface area contributed by atoms with Crippen LogP contribution in [0, 0.1) is 11.3 Å². The Balaban J connectivity index is 1.55. The summed E-state index contributed by atoms with van der Waals surface area (Å²) in [6.07, 6.45) is 0. The lowest BCUT2D eigenvalue weighted by atomic mass is 10.1. The first-order valence-electron chi connectivity index (χ1n) is 8.86. The Morgan fingerprint density at radius 1 is 1.12 bits per heavy atom. The minimum Gasteiger partial charge on any atom is -0.379 e. The van der Waals surface area contributed by atoms with Gasteiger partial charge in [-0.2, -0.15) is 5.26 Å². The standard InChI is InChI=1S/C21H25N3O/c1-17(21-7-5-18(14-22)6-8-21)23-15-19-3-2-4-20(13-19)16-24-9-11-25-12-10-24/h2-8,13,17,23H,9-12,15-16H2,1H3. The van der Waals surface area contributed by atoms with Gasteiger partial charge in [0.25, 0.3) is 0 Å². The number of ether oxygens (including phenoxy) is 1. The summed E-state index contributed by atoms with van der Waals surface area (Å²) in [5, 5.41) is 12.5. The largest absolute Gasteiger partial charge is 0.379 e. The van der Waals surface area contributed by atoms with E-state index >= 15 is 0 Å². The molecule has 1 heterocycles. The summed E-state index contributed by atoms with van der Waals surface area (Å²) in [5.74, 6) is 0. The number of rotatable bonds is 6. The molecule has 4 nitrogen and oxygen atoms in total. The normalized spacial score (nSPS) is 16.3. The first-order valence-corrected chi connectivity index (χ1v) is 8.86. The third kappa shape index (κ3) is 5.14. The molecule has 2 aromatic rings. The maximum Gasteiger partial charge on any atom is 0.0991 e. The van der Waals surface area contributed by atoms with Crippen molar-refractivity contribution < 1.29 is 4.74 Å². The van der Waals surface area contributed by atoms with Gasteiger partial charge in [0.2, 0.25) is 0 Å². The van der Waals surface area contributed by atoms with Crippen LogP contribution in [0.5, 0.6) is 0 Å². The Hall–Kier alpha value is -2.19. The van der Waals surface area contributed by atoms with Crippen molar-refractivity contribution in [3.63, 3.8) is 0 Å². The summed E-state index contributed by atoms with van der Waals surface area (Å²) in [6.45, 7) is 7.67. The molecule has 0 radical (unpaired) electrons. The van der Waals surface area contributed by atoms with Crippen LogP contribution in [0.25, 0.3) is 0 Å². The van der Waals surface area contributed by atoms with E-state index in [2.05, 4.69) is 47.5 Å². The molecule has 0 amide bonds. The van der Waals surface area contributed by atoms with Gasteiger partial charge in [0.1, 0.15) is 0 Å². The second-order valence-electron chi connectivity index (χ2n) is 6.54. The highest BCUT2D eigenvalue weighted by atomic mass is 16.5. The summed E-state index contributed by atoms with van der Waals surface area (Å²) >= 11 is 0. The first-order chi connectivity index (χ1) is 12.2. The summed E-state index contributed by atoms with van der Waals surface area (Å²) in [4.78, 5) is 2.44. The molecular weight excluding hydrogens is 310 g/mol. The van der Waals surface area contributed by atoms with E-state index in [1.54, 1.807) is 0 Å². The SMILES string of the molecule is CC(NCc1cccc(CN2CCOCC2)c1)c1ccc(C#N)cc1. The lowest BCUT2D eigenvalue weighted by Crippen LogP contribution is -2.35. The van der Waals surface area contributed by atoms with Crippen LogP contribution in [0.15, 0.2) is 48.5 Å². The fourth-order valence-electron chi connectivity index (χ4n) is 3.09. The zero-order chi connectivity index (χ0) is 17.5. The molecule has 1 aliphatic rings. The molecule has 130 valence electrons. The summed E-state index contributed by atoms with van der Waals surface area (Å²) < 4.78 is 5.41. The van der Waals surface area contributed by atoms with Crippen molar-refractivity contribution in [1.29, 1.82) is 5.26 Å². The molecule has 0 aromatic heterocycles. The zero-order valence-electron chi connectivity index (χ0n) is 14.7. The van der Waals surface area contributed by atoms with Crippen LogP contribution in [0.3, 0.4) is 0 Å². The molecular formula is C21H25N3O. The van der Waals surface area contributed by atoms with Crippen LogP contribution in [0.2, 0.25) is 0 Å². The van der Waals surface area contributed by atoms with Crippen LogP contribution < -0.4 is 5.32 Å². The van der Waals surface area contributed by atoms with Gasteiger partial charge in [0.05, 0.1) is 24.8 Å². The van der Waals surface area contributed by atoms with Gasteiger partial charge >= 0.3 is 0 Å². The van der Waals surface area contributed by atoms with E-state index in [0.717, 1.165) is 39.4 Å². The third-order valence-electron chi connectivity index (χ3n) is 4.65. The number of hydrogen-bond donors (Lipinski definition) is 1. The monoisotopic (exact) mass is 335 g/mol.